The lowest BCUT2D eigenvalue weighted by atomic mass is 10.2. The van der Waals surface area contributed by atoms with Gasteiger partial charge in [0.25, 0.3) is 0 Å². The number of nitrogens with zero attached hydrogens (tertiary/aromatic N) is 4. The monoisotopic (exact) mass is 387 g/mol. The molecule has 0 saturated carbocycles. The van der Waals surface area contributed by atoms with Crippen LogP contribution >= 0.6 is 11.8 Å². The van der Waals surface area contributed by atoms with Gasteiger partial charge in [-0.25, -0.2) is 0 Å². The van der Waals surface area contributed by atoms with Crippen LogP contribution in [0.2, 0.25) is 0 Å². The number of tetrazole rings is 1. The number of anilines is 1. The van der Waals surface area contributed by atoms with Gasteiger partial charge in [0.05, 0.1) is 31.3 Å². The molecule has 0 saturated heterocycles. The molecule has 0 aliphatic heterocycles. The highest BCUT2D eigenvalue weighted by atomic mass is 32.2. The molecule has 0 fully saturated rings. The van der Waals surface area contributed by atoms with Crippen molar-refractivity contribution in [1.29, 1.82) is 0 Å². The van der Waals surface area contributed by atoms with E-state index < -0.39 is 0 Å². The summed E-state index contributed by atoms with van der Waals surface area (Å²) in [5.74, 6) is 1.15. The summed E-state index contributed by atoms with van der Waals surface area (Å²) in [6.45, 7) is 0. The predicted molar refractivity (Wildman–Crippen MR) is 99.7 cm³/mol. The van der Waals surface area contributed by atoms with Crippen LogP contribution in [0.1, 0.15) is 0 Å². The van der Waals surface area contributed by atoms with Crippen LogP contribution in [0.3, 0.4) is 0 Å². The van der Waals surface area contributed by atoms with E-state index in [0.29, 0.717) is 28.0 Å². The maximum atomic E-state index is 12.3. The molecule has 27 heavy (non-hydrogen) atoms. The second-order valence-electron chi connectivity index (χ2n) is 5.29. The fraction of sp³-hybridized carbons (Fsp3) is 0.176. The standard InChI is InChI=1S/C17H17N5O4S/c1-25-13-7-8-14(15(9-13)26-2)18-16(24)10-27-17-19-20-21-22(17)11-3-5-12(23)6-4-11/h3-9,23H,10H2,1-2H3,(H,18,24). The second-order valence-corrected chi connectivity index (χ2v) is 6.24. The van der Waals surface area contributed by atoms with Gasteiger partial charge in [-0.15, -0.1) is 5.10 Å². The summed E-state index contributed by atoms with van der Waals surface area (Å²) in [5.41, 5.74) is 1.22. The number of carbonyl (C=O) groups is 1. The van der Waals surface area contributed by atoms with Gasteiger partial charge < -0.3 is 19.9 Å². The van der Waals surface area contributed by atoms with Crippen LogP contribution in [0, 0.1) is 0 Å². The van der Waals surface area contributed by atoms with E-state index in [2.05, 4.69) is 20.8 Å². The van der Waals surface area contributed by atoms with Crippen molar-refractivity contribution in [2.75, 3.05) is 25.3 Å². The number of phenolic OH excluding ortho intramolecular Hbond substituents is 1. The van der Waals surface area contributed by atoms with Crippen LogP contribution in [-0.4, -0.2) is 51.2 Å². The van der Waals surface area contributed by atoms with Gasteiger partial charge in [0.15, 0.2) is 0 Å². The first-order chi connectivity index (χ1) is 13.1. The van der Waals surface area contributed by atoms with E-state index in [9.17, 15) is 9.90 Å². The van der Waals surface area contributed by atoms with Gasteiger partial charge in [-0.3, -0.25) is 4.79 Å². The predicted octanol–water partition coefficient (Wildman–Crippen LogP) is 2.12. The van der Waals surface area contributed by atoms with Gasteiger partial charge in [0.1, 0.15) is 17.2 Å². The zero-order valence-corrected chi connectivity index (χ0v) is 15.4. The smallest absolute Gasteiger partial charge is 0.234 e. The van der Waals surface area contributed by atoms with E-state index in [1.807, 2.05) is 0 Å². The van der Waals surface area contributed by atoms with E-state index in [0.717, 1.165) is 0 Å². The van der Waals surface area contributed by atoms with E-state index in [4.69, 9.17) is 9.47 Å². The summed E-state index contributed by atoms with van der Waals surface area (Å²) in [6, 6.07) is 11.6. The molecule has 0 bridgehead atoms. The van der Waals surface area contributed by atoms with Crippen LogP contribution in [0.4, 0.5) is 5.69 Å². The van der Waals surface area contributed by atoms with Crippen molar-refractivity contribution in [3.8, 4) is 22.9 Å². The highest BCUT2D eigenvalue weighted by Gasteiger charge is 2.13. The molecule has 3 rings (SSSR count). The van der Waals surface area contributed by atoms with E-state index >= 15 is 0 Å². The third kappa shape index (κ3) is 4.47. The number of thioether (sulfide) groups is 1. The Morgan fingerprint density at radius 2 is 1.96 bits per heavy atom. The van der Waals surface area contributed by atoms with Crippen molar-refractivity contribution in [3.63, 3.8) is 0 Å². The number of hydrogen-bond donors (Lipinski definition) is 2. The number of rotatable bonds is 7. The van der Waals surface area contributed by atoms with Gasteiger partial charge >= 0.3 is 0 Å². The maximum Gasteiger partial charge on any atom is 0.234 e. The van der Waals surface area contributed by atoms with Crippen molar-refractivity contribution in [1.82, 2.24) is 20.2 Å². The molecule has 2 aromatic carbocycles. The molecule has 0 radical (unpaired) electrons. The molecule has 1 heterocycles. The number of ether oxygens (including phenoxy) is 2. The molecule has 0 atom stereocenters. The Labute approximate surface area is 159 Å². The lowest BCUT2D eigenvalue weighted by Crippen LogP contribution is -2.15. The van der Waals surface area contributed by atoms with Gasteiger partial charge in [-0.2, -0.15) is 4.68 Å². The third-order valence-corrected chi connectivity index (χ3v) is 4.47. The fourth-order valence-corrected chi connectivity index (χ4v) is 2.93. The van der Waals surface area contributed by atoms with Gasteiger partial charge in [0.2, 0.25) is 11.1 Å². The number of nitrogens with one attached hydrogen (secondary N) is 1. The minimum Gasteiger partial charge on any atom is -0.508 e. The Kier molecular flexibility index (Phi) is 5.77. The quantitative estimate of drug-likeness (QED) is 0.593. The number of aromatic nitrogens is 4. The molecule has 1 aromatic heterocycles. The summed E-state index contributed by atoms with van der Waals surface area (Å²) < 4.78 is 11.9. The molecule has 0 spiro atoms. The first-order valence-electron chi connectivity index (χ1n) is 7.83. The van der Waals surface area contributed by atoms with Crippen molar-refractivity contribution < 1.29 is 19.4 Å². The van der Waals surface area contributed by atoms with Crippen LogP contribution in [0.25, 0.3) is 5.69 Å². The van der Waals surface area contributed by atoms with Crippen molar-refractivity contribution in [2.24, 2.45) is 0 Å². The van der Waals surface area contributed by atoms with Crippen LogP contribution in [0.5, 0.6) is 17.2 Å². The number of hydrogen-bond acceptors (Lipinski definition) is 8. The summed E-state index contributed by atoms with van der Waals surface area (Å²) >= 11 is 1.19. The Balaban J connectivity index is 1.65. The first kappa shape index (κ1) is 18.5. The molecule has 2 N–H and O–H groups in total. The molecule has 3 aromatic rings. The highest BCUT2D eigenvalue weighted by molar-refractivity contribution is 7.99. The van der Waals surface area contributed by atoms with Crippen LogP contribution in [0.15, 0.2) is 47.6 Å². The Hall–Kier alpha value is -3.27. The Bertz CT molecular complexity index is 929. The number of methoxy groups -OCH3 is 2. The lowest BCUT2D eigenvalue weighted by Gasteiger charge is -2.11. The van der Waals surface area contributed by atoms with E-state index in [-0.39, 0.29) is 17.4 Å². The topological polar surface area (TPSA) is 111 Å². The van der Waals surface area contributed by atoms with Gasteiger partial charge in [-0.05, 0) is 46.8 Å². The Morgan fingerprint density at radius 1 is 1.19 bits per heavy atom. The van der Waals surface area contributed by atoms with Crippen molar-refractivity contribution in [3.05, 3.63) is 42.5 Å². The van der Waals surface area contributed by atoms with Crippen molar-refractivity contribution >= 4 is 23.4 Å². The zero-order valence-electron chi connectivity index (χ0n) is 14.6. The number of benzene rings is 2. The van der Waals surface area contributed by atoms with Crippen LogP contribution < -0.4 is 14.8 Å². The third-order valence-electron chi connectivity index (χ3n) is 3.55. The summed E-state index contributed by atoms with van der Waals surface area (Å²) in [6.07, 6.45) is 0. The molecule has 9 nitrogen and oxygen atoms in total. The number of amides is 1. The van der Waals surface area contributed by atoms with Crippen molar-refractivity contribution in [2.45, 2.75) is 5.16 Å². The molecule has 1 amide bonds. The zero-order chi connectivity index (χ0) is 19.2. The minimum atomic E-state index is -0.233. The molecule has 0 unspecified atom stereocenters. The summed E-state index contributed by atoms with van der Waals surface area (Å²) in [4.78, 5) is 12.3. The number of carbonyl (C=O) groups excluding carboxylic acids is 1. The minimum absolute atomic E-state index is 0.105. The first-order valence-corrected chi connectivity index (χ1v) is 8.81. The average Bonchev–Trinajstić information content (AvgIpc) is 3.16. The normalized spacial score (nSPS) is 10.4. The largest absolute Gasteiger partial charge is 0.508 e. The fourth-order valence-electron chi connectivity index (χ4n) is 2.24. The van der Waals surface area contributed by atoms with Gasteiger partial charge in [0, 0.05) is 6.07 Å². The molecular formula is C17H17N5O4S. The van der Waals surface area contributed by atoms with E-state index in [1.54, 1.807) is 37.4 Å². The van der Waals surface area contributed by atoms with E-state index in [1.165, 1.54) is 35.7 Å². The highest BCUT2D eigenvalue weighted by Crippen LogP contribution is 2.29. The average molecular weight is 387 g/mol. The molecule has 10 heteroatoms. The van der Waals surface area contributed by atoms with Crippen LogP contribution in [-0.2, 0) is 4.79 Å². The van der Waals surface area contributed by atoms with Gasteiger partial charge in [-0.1, -0.05) is 11.8 Å². The number of aromatic hydroxyl groups is 1. The molecule has 0 aliphatic rings. The summed E-state index contributed by atoms with van der Waals surface area (Å²) in [7, 11) is 3.08. The Morgan fingerprint density at radius 3 is 2.67 bits per heavy atom. The SMILES string of the molecule is COc1ccc(NC(=O)CSc2nnnn2-c2ccc(O)cc2)c(OC)c1. The summed E-state index contributed by atoms with van der Waals surface area (Å²) in [5, 5.41) is 24.1. The molecule has 140 valence electrons. The lowest BCUT2D eigenvalue weighted by molar-refractivity contribution is -0.113. The maximum absolute atomic E-state index is 12.3. The molecule has 0 aliphatic carbocycles. The second kappa shape index (κ2) is 8.41. The molecular weight excluding hydrogens is 370 g/mol. The number of phenols is 1.